The zero-order valence-electron chi connectivity index (χ0n) is 11.5. The van der Waals surface area contributed by atoms with Crippen molar-refractivity contribution in [3.63, 3.8) is 0 Å². The minimum absolute atomic E-state index is 0.324. The maximum absolute atomic E-state index is 4.70. The molecule has 1 saturated heterocycles. The average Bonchev–Trinajstić information content (AvgIpc) is 2.75. The van der Waals surface area contributed by atoms with Crippen molar-refractivity contribution in [3.05, 3.63) is 15.6 Å². The van der Waals surface area contributed by atoms with Crippen molar-refractivity contribution in [1.29, 1.82) is 0 Å². The highest BCUT2D eigenvalue weighted by atomic mass is 32.1. The number of nitrogens with zero attached hydrogens (tertiary/aromatic N) is 1. The van der Waals surface area contributed by atoms with Crippen molar-refractivity contribution in [2.24, 2.45) is 5.92 Å². The highest BCUT2D eigenvalue weighted by Gasteiger charge is 2.35. The Bertz CT molecular complexity index is 356. The van der Waals surface area contributed by atoms with Gasteiger partial charge in [0.1, 0.15) is 0 Å². The molecule has 1 aromatic rings. The van der Waals surface area contributed by atoms with Crippen LogP contribution >= 0.6 is 11.3 Å². The molecule has 1 aliphatic heterocycles. The minimum Gasteiger partial charge on any atom is -0.311 e. The third-order valence-electron chi connectivity index (χ3n) is 3.69. The van der Waals surface area contributed by atoms with Crippen LogP contribution in [0.3, 0.4) is 0 Å². The Morgan fingerprint density at radius 2 is 2.18 bits per heavy atom. The predicted molar refractivity (Wildman–Crippen MR) is 74.7 cm³/mol. The van der Waals surface area contributed by atoms with Gasteiger partial charge in [-0.2, -0.15) is 0 Å². The third-order valence-corrected chi connectivity index (χ3v) is 4.77. The van der Waals surface area contributed by atoms with Crippen LogP contribution in [-0.4, -0.2) is 17.1 Å². The number of rotatable bonds is 4. The molecule has 96 valence electrons. The Morgan fingerprint density at radius 3 is 2.65 bits per heavy atom. The summed E-state index contributed by atoms with van der Waals surface area (Å²) >= 11 is 1.88. The summed E-state index contributed by atoms with van der Waals surface area (Å²) in [4.78, 5) is 6.08. The first kappa shape index (κ1) is 13.0. The van der Waals surface area contributed by atoms with E-state index in [2.05, 4.69) is 33.0 Å². The van der Waals surface area contributed by atoms with E-state index in [9.17, 15) is 0 Å². The molecule has 1 aliphatic rings. The maximum Gasteiger partial charge on any atom is 0.0949 e. The summed E-state index contributed by atoms with van der Waals surface area (Å²) in [5, 5.41) is 5.06. The molecule has 2 rings (SSSR count). The van der Waals surface area contributed by atoms with E-state index in [-0.39, 0.29) is 0 Å². The molecule has 1 N–H and O–H groups in total. The second kappa shape index (κ2) is 5.07. The van der Waals surface area contributed by atoms with Crippen LogP contribution in [0.5, 0.6) is 0 Å². The van der Waals surface area contributed by atoms with E-state index in [0.717, 1.165) is 12.3 Å². The van der Waals surface area contributed by atoms with Gasteiger partial charge < -0.3 is 5.32 Å². The molecule has 17 heavy (non-hydrogen) atoms. The van der Waals surface area contributed by atoms with Crippen molar-refractivity contribution in [2.45, 2.75) is 58.9 Å². The molecule has 1 fully saturated rings. The maximum atomic E-state index is 4.70. The summed E-state index contributed by atoms with van der Waals surface area (Å²) in [6, 6.07) is 0. The summed E-state index contributed by atoms with van der Waals surface area (Å²) < 4.78 is 0. The number of aromatic nitrogens is 1. The Labute approximate surface area is 109 Å². The lowest BCUT2D eigenvalue weighted by Crippen LogP contribution is -2.43. The summed E-state index contributed by atoms with van der Waals surface area (Å²) in [6.45, 7) is 10.1. The van der Waals surface area contributed by atoms with E-state index in [0.29, 0.717) is 5.54 Å². The molecule has 2 nitrogen and oxygen atoms in total. The molecule has 2 heterocycles. The van der Waals surface area contributed by atoms with Crippen LogP contribution in [0, 0.1) is 19.8 Å². The van der Waals surface area contributed by atoms with Crippen molar-refractivity contribution >= 4 is 11.3 Å². The van der Waals surface area contributed by atoms with Crippen molar-refractivity contribution in [1.82, 2.24) is 10.3 Å². The Balaban J connectivity index is 2.12. The first-order chi connectivity index (χ1) is 8.01. The van der Waals surface area contributed by atoms with Gasteiger partial charge in [0.25, 0.3) is 0 Å². The van der Waals surface area contributed by atoms with Crippen molar-refractivity contribution < 1.29 is 0 Å². The van der Waals surface area contributed by atoms with Crippen LogP contribution < -0.4 is 5.32 Å². The number of thiazole rings is 1. The first-order valence-electron chi connectivity index (χ1n) is 6.69. The van der Waals surface area contributed by atoms with Gasteiger partial charge in [-0.3, -0.25) is 0 Å². The number of nitrogens with one attached hydrogen (secondary N) is 1. The first-order valence-corrected chi connectivity index (χ1v) is 7.50. The highest BCUT2D eigenvalue weighted by molar-refractivity contribution is 7.11. The van der Waals surface area contributed by atoms with Gasteiger partial charge >= 0.3 is 0 Å². The Morgan fingerprint density at radius 1 is 1.41 bits per heavy atom. The molecule has 0 amide bonds. The van der Waals surface area contributed by atoms with E-state index in [1.807, 2.05) is 11.3 Å². The quantitative estimate of drug-likeness (QED) is 0.887. The van der Waals surface area contributed by atoms with Crippen LogP contribution in [-0.2, 0) is 6.42 Å². The normalized spacial score (nSPS) is 24.8. The van der Waals surface area contributed by atoms with Crippen LogP contribution in [0.15, 0.2) is 0 Å². The Kier molecular flexibility index (Phi) is 3.88. The molecule has 0 aliphatic carbocycles. The molecule has 1 unspecified atom stereocenters. The second-order valence-corrected chi connectivity index (χ2v) is 7.12. The lowest BCUT2D eigenvalue weighted by molar-refractivity contribution is 0.301. The van der Waals surface area contributed by atoms with Crippen LogP contribution in [0.1, 0.15) is 48.7 Å². The number of hydrogen-bond acceptors (Lipinski definition) is 3. The van der Waals surface area contributed by atoms with E-state index in [1.54, 1.807) is 0 Å². The second-order valence-electron chi connectivity index (χ2n) is 5.83. The SMILES string of the molecule is Cc1nc(CC2(CC(C)C)CCCN2)sc1C. The van der Waals surface area contributed by atoms with Crippen LogP contribution in [0.2, 0.25) is 0 Å². The molecular weight excluding hydrogens is 228 g/mol. The fourth-order valence-corrected chi connectivity index (χ4v) is 4.03. The summed E-state index contributed by atoms with van der Waals surface area (Å²) in [5.41, 5.74) is 1.54. The fourth-order valence-electron chi connectivity index (χ4n) is 2.95. The summed E-state index contributed by atoms with van der Waals surface area (Å²) in [5.74, 6) is 0.753. The molecule has 0 saturated carbocycles. The van der Waals surface area contributed by atoms with E-state index < -0.39 is 0 Å². The minimum atomic E-state index is 0.324. The summed E-state index contributed by atoms with van der Waals surface area (Å²) in [6.07, 6.45) is 5.01. The highest BCUT2D eigenvalue weighted by Crippen LogP contribution is 2.32. The van der Waals surface area contributed by atoms with Crippen LogP contribution in [0.25, 0.3) is 0 Å². The number of aryl methyl sites for hydroxylation is 2. The van der Waals surface area contributed by atoms with Gasteiger partial charge in [-0.1, -0.05) is 13.8 Å². The van der Waals surface area contributed by atoms with Crippen molar-refractivity contribution in [3.8, 4) is 0 Å². The van der Waals surface area contributed by atoms with Gasteiger partial charge in [0.05, 0.1) is 10.7 Å². The number of hydrogen-bond donors (Lipinski definition) is 1. The topological polar surface area (TPSA) is 24.9 Å². The van der Waals surface area contributed by atoms with E-state index in [1.165, 1.54) is 41.4 Å². The molecule has 0 spiro atoms. The molecular formula is C14H24N2S. The van der Waals surface area contributed by atoms with Gasteiger partial charge in [-0.15, -0.1) is 11.3 Å². The van der Waals surface area contributed by atoms with Gasteiger partial charge in [0.2, 0.25) is 0 Å². The van der Waals surface area contributed by atoms with Crippen LogP contribution in [0.4, 0.5) is 0 Å². The molecule has 3 heteroatoms. The van der Waals surface area contributed by atoms with Gasteiger partial charge in [-0.05, 0) is 45.6 Å². The molecule has 0 bridgehead atoms. The average molecular weight is 252 g/mol. The smallest absolute Gasteiger partial charge is 0.0949 e. The van der Waals surface area contributed by atoms with Gasteiger partial charge in [-0.25, -0.2) is 4.98 Å². The third kappa shape index (κ3) is 3.08. The lowest BCUT2D eigenvalue weighted by atomic mass is 9.85. The van der Waals surface area contributed by atoms with Gasteiger partial charge in [0, 0.05) is 16.8 Å². The monoisotopic (exact) mass is 252 g/mol. The standard InChI is InChI=1S/C14H24N2S/c1-10(2)8-14(6-5-7-15-14)9-13-16-11(3)12(4)17-13/h10,15H,5-9H2,1-4H3. The molecule has 1 atom stereocenters. The Hall–Kier alpha value is -0.410. The zero-order chi connectivity index (χ0) is 12.5. The lowest BCUT2D eigenvalue weighted by Gasteiger charge is -2.30. The van der Waals surface area contributed by atoms with Gasteiger partial charge in [0.15, 0.2) is 0 Å². The largest absolute Gasteiger partial charge is 0.311 e. The predicted octanol–water partition coefficient (Wildman–Crippen LogP) is 3.47. The zero-order valence-corrected chi connectivity index (χ0v) is 12.3. The molecule has 0 aromatic carbocycles. The molecule has 0 radical (unpaired) electrons. The van der Waals surface area contributed by atoms with E-state index in [4.69, 9.17) is 4.98 Å². The van der Waals surface area contributed by atoms with Crippen molar-refractivity contribution in [2.75, 3.05) is 6.54 Å². The fraction of sp³-hybridized carbons (Fsp3) is 0.786. The van der Waals surface area contributed by atoms with E-state index >= 15 is 0 Å². The summed E-state index contributed by atoms with van der Waals surface area (Å²) in [7, 11) is 0. The molecule has 1 aromatic heterocycles.